The molecule has 5 nitrogen and oxygen atoms in total. The van der Waals surface area contributed by atoms with Gasteiger partial charge in [0, 0.05) is 23.9 Å². The fraction of sp³-hybridized carbons (Fsp3) is 0.579. The molecule has 138 valence electrons. The molecule has 0 bridgehead atoms. The van der Waals surface area contributed by atoms with E-state index >= 15 is 0 Å². The van der Waals surface area contributed by atoms with Gasteiger partial charge < -0.3 is 16.0 Å². The summed E-state index contributed by atoms with van der Waals surface area (Å²) in [4.78, 5) is 26.9. The van der Waals surface area contributed by atoms with E-state index in [1.807, 2.05) is 31.2 Å². The standard InChI is InChI=1S/C19H29N3O2S/c1-13(20)9-10-21-17(23)16-11-25-12-22(16)18(24)14-5-7-15(8-6-14)19(2,3)4/h5-8,13,16H,9-12,20H2,1-4H3,(H,21,23). The number of rotatable bonds is 5. The highest BCUT2D eigenvalue weighted by Gasteiger charge is 2.35. The summed E-state index contributed by atoms with van der Waals surface area (Å²) in [6.45, 7) is 8.88. The molecule has 1 aromatic carbocycles. The fourth-order valence-corrected chi connectivity index (χ4v) is 3.83. The van der Waals surface area contributed by atoms with Crippen molar-refractivity contribution in [2.75, 3.05) is 18.2 Å². The van der Waals surface area contributed by atoms with Crippen LogP contribution in [-0.2, 0) is 10.2 Å². The Kier molecular flexibility index (Phi) is 6.52. The first-order valence-corrected chi connectivity index (χ1v) is 9.88. The van der Waals surface area contributed by atoms with Crippen LogP contribution in [0.4, 0.5) is 0 Å². The predicted molar refractivity (Wildman–Crippen MR) is 104 cm³/mol. The Balaban J connectivity index is 2.03. The van der Waals surface area contributed by atoms with Gasteiger partial charge >= 0.3 is 0 Å². The number of nitrogens with zero attached hydrogens (tertiary/aromatic N) is 1. The summed E-state index contributed by atoms with van der Waals surface area (Å²) in [6, 6.07) is 7.35. The highest BCUT2D eigenvalue weighted by atomic mass is 32.2. The van der Waals surface area contributed by atoms with Crippen LogP contribution in [0.2, 0.25) is 0 Å². The summed E-state index contributed by atoms with van der Waals surface area (Å²) in [5, 5.41) is 2.90. The monoisotopic (exact) mass is 363 g/mol. The largest absolute Gasteiger partial charge is 0.354 e. The summed E-state index contributed by atoms with van der Waals surface area (Å²) < 4.78 is 0. The normalized spacial score (nSPS) is 18.9. The van der Waals surface area contributed by atoms with Crippen molar-refractivity contribution in [2.45, 2.75) is 51.6 Å². The highest BCUT2D eigenvalue weighted by molar-refractivity contribution is 7.99. The molecule has 2 rings (SSSR count). The number of nitrogens with one attached hydrogen (secondary N) is 1. The molecule has 0 spiro atoms. The van der Waals surface area contributed by atoms with Crippen LogP contribution in [-0.4, -0.2) is 47.0 Å². The molecule has 2 unspecified atom stereocenters. The number of hydrogen-bond donors (Lipinski definition) is 2. The van der Waals surface area contributed by atoms with E-state index in [2.05, 4.69) is 26.1 Å². The Bertz CT molecular complexity index is 608. The van der Waals surface area contributed by atoms with E-state index < -0.39 is 6.04 Å². The maximum atomic E-state index is 12.8. The van der Waals surface area contributed by atoms with Gasteiger partial charge in [-0.25, -0.2) is 0 Å². The molecule has 0 aliphatic carbocycles. The van der Waals surface area contributed by atoms with Crippen molar-refractivity contribution >= 4 is 23.6 Å². The molecule has 6 heteroatoms. The van der Waals surface area contributed by atoms with E-state index in [1.54, 1.807) is 16.7 Å². The van der Waals surface area contributed by atoms with Crippen LogP contribution in [0.25, 0.3) is 0 Å². The number of amides is 2. The lowest BCUT2D eigenvalue weighted by molar-refractivity contribution is -0.124. The average Bonchev–Trinajstić information content (AvgIpc) is 3.02. The molecule has 0 radical (unpaired) electrons. The third kappa shape index (κ3) is 5.22. The second-order valence-electron chi connectivity index (χ2n) is 7.67. The molecule has 0 aromatic heterocycles. The van der Waals surface area contributed by atoms with Crippen molar-refractivity contribution in [3.63, 3.8) is 0 Å². The van der Waals surface area contributed by atoms with E-state index in [1.165, 1.54) is 5.56 Å². The van der Waals surface area contributed by atoms with E-state index in [9.17, 15) is 9.59 Å². The highest BCUT2D eigenvalue weighted by Crippen LogP contribution is 2.26. The van der Waals surface area contributed by atoms with Crippen LogP contribution in [0.5, 0.6) is 0 Å². The zero-order chi connectivity index (χ0) is 18.6. The lowest BCUT2D eigenvalue weighted by Crippen LogP contribution is -2.47. The minimum Gasteiger partial charge on any atom is -0.354 e. The van der Waals surface area contributed by atoms with Gasteiger partial charge in [-0.1, -0.05) is 32.9 Å². The first-order valence-electron chi connectivity index (χ1n) is 8.72. The van der Waals surface area contributed by atoms with Gasteiger partial charge in [-0.15, -0.1) is 11.8 Å². The predicted octanol–water partition coefficient (Wildman–Crippen LogP) is 2.35. The Morgan fingerprint density at radius 2 is 1.96 bits per heavy atom. The number of nitrogens with two attached hydrogens (primary N) is 1. The lowest BCUT2D eigenvalue weighted by Gasteiger charge is -2.24. The molecule has 1 heterocycles. The molecule has 2 atom stereocenters. The number of carbonyl (C=O) groups is 2. The molecule has 2 amide bonds. The van der Waals surface area contributed by atoms with Crippen molar-refractivity contribution < 1.29 is 9.59 Å². The maximum Gasteiger partial charge on any atom is 0.255 e. The van der Waals surface area contributed by atoms with Gasteiger partial charge in [-0.3, -0.25) is 9.59 Å². The van der Waals surface area contributed by atoms with Crippen molar-refractivity contribution in [3.8, 4) is 0 Å². The van der Waals surface area contributed by atoms with E-state index in [4.69, 9.17) is 5.73 Å². The Labute approximate surface area is 154 Å². The number of carbonyl (C=O) groups excluding carboxylic acids is 2. The van der Waals surface area contributed by atoms with Gasteiger partial charge in [-0.05, 0) is 36.5 Å². The van der Waals surface area contributed by atoms with Gasteiger partial charge in [0.2, 0.25) is 5.91 Å². The maximum absolute atomic E-state index is 12.8. The van der Waals surface area contributed by atoms with Crippen LogP contribution in [0, 0.1) is 0 Å². The average molecular weight is 364 g/mol. The SMILES string of the molecule is CC(N)CCNC(=O)C1CSCN1C(=O)c1ccc(C(C)(C)C)cc1. The van der Waals surface area contributed by atoms with Gasteiger partial charge in [0.1, 0.15) is 6.04 Å². The Morgan fingerprint density at radius 3 is 2.52 bits per heavy atom. The van der Waals surface area contributed by atoms with Crippen molar-refractivity contribution in [3.05, 3.63) is 35.4 Å². The van der Waals surface area contributed by atoms with Crippen molar-refractivity contribution in [1.29, 1.82) is 0 Å². The third-order valence-electron chi connectivity index (χ3n) is 4.34. The quantitative estimate of drug-likeness (QED) is 0.842. The molecule has 1 aliphatic rings. The van der Waals surface area contributed by atoms with Crippen LogP contribution in [0.1, 0.15) is 50.0 Å². The molecule has 0 saturated carbocycles. The van der Waals surface area contributed by atoms with Gasteiger partial charge in [0.25, 0.3) is 5.91 Å². The number of benzene rings is 1. The van der Waals surface area contributed by atoms with E-state index in [0.29, 0.717) is 23.7 Å². The van der Waals surface area contributed by atoms with Crippen LogP contribution >= 0.6 is 11.8 Å². The second kappa shape index (κ2) is 8.23. The fourth-order valence-electron chi connectivity index (χ4n) is 2.68. The summed E-state index contributed by atoms with van der Waals surface area (Å²) in [6.07, 6.45) is 0.730. The lowest BCUT2D eigenvalue weighted by atomic mass is 9.86. The minimum atomic E-state index is -0.409. The molecule has 1 fully saturated rings. The Hall–Kier alpha value is -1.53. The zero-order valence-electron chi connectivity index (χ0n) is 15.5. The first kappa shape index (κ1) is 19.8. The minimum absolute atomic E-state index is 0.0492. The third-order valence-corrected chi connectivity index (χ3v) is 5.35. The van der Waals surface area contributed by atoms with Crippen LogP contribution < -0.4 is 11.1 Å². The van der Waals surface area contributed by atoms with Gasteiger partial charge in [0.05, 0.1) is 5.88 Å². The van der Waals surface area contributed by atoms with Crippen molar-refractivity contribution in [1.82, 2.24) is 10.2 Å². The van der Waals surface area contributed by atoms with E-state index in [-0.39, 0.29) is 23.3 Å². The molecule has 1 aromatic rings. The topological polar surface area (TPSA) is 75.4 Å². The summed E-state index contributed by atoms with van der Waals surface area (Å²) in [5.74, 6) is 1.00. The van der Waals surface area contributed by atoms with Crippen LogP contribution in [0.15, 0.2) is 24.3 Å². The molecular formula is C19H29N3O2S. The molecule has 1 aliphatic heterocycles. The smallest absolute Gasteiger partial charge is 0.255 e. The summed E-state index contributed by atoms with van der Waals surface area (Å²) in [5.41, 5.74) is 7.57. The molecular weight excluding hydrogens is 334 g/mol. The Morgan fingerprint density at radius 1 is 1.32 bits per heavy atom. The molecule has 3 N–H and O–H groups in total. The first-order chi connectivity index (χ1) is 11.7. The zero-order valence-corrected chi connectivity index (χ0v) is 16.4. The van der Waals surface area contributed by atoms with E-state index in [0.717, 1.165) is 6.42 Å². The summed E-state index contributed by atoms with van der Waals surface area (Å²) in [7, 11) is 0. The number of hydrogen-bond acceptors (Lipinski definition) is 4. The van der Waals surface area contributed by atoms with Crippen LogP contribution in [0.3, 0.4) is 0 Å². The number of thioether (sulfide) groups is 1. The van der Waals surface area contributed by atoms with Gasteiger partial charge in [-0.2, -0.15) is 0 Å². The van der Waals surface area contributed by atoms with Crippen molar-refractivity contribution in [2.24, 2.45) is 5.73 Å². The van der Waals surface area contributed by atoms with Gasteiger partial charge in [0.15, 0.2) is 0 Å². The second-order valence-corrected chi connectivity index (χ2v) is 8.67. The molecule has 1 saturated heterocycles. The summed E-state index contributed by atoms with van der Waals surface area (Å²) >= 11 is 1.61. The molecule has 25 heavy (non-hydrogen) atoms.